The number of anilines is 1. The maximum atomic E-state index is 13.3. The van der Waals surface area contributed by atoms with Crippen molar-refractivity contribution in [3.63, 3.8) is 0 Å². The second-order valence-electron chi connectivity index (χ2n) is 8.21. The SMILES string of the molecule is Cc1ccc(C2/C(=C(/O)c3ccc(Cl)cc3)C(=O)C(=O)N2c2nnc(SCc3ccccc3)s2)cc1. The first-order valence-electron chi connectivity index (χ1n) is 11.1. The van der Waals surface area contributed by atoms with Gasteiger partial charge in [0.15, 0.2) is 4.34 Å². The molecule has 6 nitrogen and oxygen atoms in total. The van der Waals surface area contributed by atoms with Crippen molar-refractivity contribution in [2.75, 3.05) is 4.90 Å². The highest BCUT2D eigenvalue weighted by Crippen LogP contribution is 2.44. The van der Waals surface area contributed by atoms with E-state index in [9.17, 15) is 14.7 Å². The summed E-state index contributed by atoms with van der Waals surface area (Å²) < 4.78 is 0.677. The Morgan fingerprint density at radius 1 is 1.00 bits per heavy atom. The van der Waals surface area contributed by atoms with E-state index < -0.39 is 17.7 Å². The monoisotopic (exact) mass is 533 g/mol. The Bertz CT molecular complexity index is 1450. The summed E-state index contributed by atoms with van der Waals surface area (Å²) >= 11 is 8.74. The van der Waals surface area contributed by atoms with Gasteiger partial charge in [-0.1, -0.05) is 94.9 Å². The number of carbonyl (C=O) groups excluding carboxylic acids is 2. The molecule has 1 aliphatic heterocycles. The molecule has 36 heavy (non-hydrogen) atoms. The van der Waals surface area contributed by atoms with Crippen LogP contribution in [-0.2, 0) is 15.3 Å². The molecule has 1 amide bonds. The molecule has 4 aromatic rings. The van der Waals surface area contributed by atoms with Crippen molar-refractivity contribution in [2.24, 2.45) is 0 Å². The summed E-state index contributed by atoms with van der Waals surface area (Å²) in [5.74, 6) is -1.10. The summed E-state index contributed by atoms with van der Waals surface area (Å²) in [6.45, 7) is 1.95. The van der Waals surface area contributed by atoms with E-state index in [0.29, 0.717) is 31.4 Å². The first-order valence-corrected chi connectivity index (χ1v) is 13.2. The maximum absolute atomic E-state index is 13.3. The summed E-state index contributed by atoms with van der Waals surface area (Å²) in [6.07, 6.45) is 0. The number of aromatic nitrogens is 2. The number of aryl methyl sites for hydroxylation is 1. The summed E-state index contributed by atoms with van der Waals surface area (Å²) in [5.41, 5.74) is 3.25. The Morgan fingerprint density at radius 3 is 2.39 bits per heavy atom. The van der Waals surface area contributed by atoms with Gasteiger partial charge in [0.25, 0.3) is 5.78 Å². The molecule has 0 aliphatic carbocycles. The number of hydrogen-bond acceptors (Lipinski definition) is 7. The fourth-order valence-corrected chi connectivity index (χ4v) is 5.88. The van der Waals surface area contributed by atoms with Crippen LogP contribution in [0.25, 0.3) is 5.76 Å². The Kier molecular flexibility index (Phi) is 6.91. The van der Waals surface area contributed by atoms with Crippen molar-refractivity contribution < 1.29 is 14.7 Å². The average molecular weight is 534 g/mol. The largest absolute Gasteiger partial charge is 0.507 e. The predicted octanol–water partition coefficient (Wildman–Crippen LogP) is 6.42. The van der Waals surface area contributed by atoms with Crippen molar-refractivity contribution in [1.29, 1.82) is 0 Å². The number of nitrogens with zero attached hydrogens (tertiary/aromatic N) is 3. The number of benzene rings is 3. The molecule has 0 radical (unpaired) electrons. The molecule has 2 heterocycles. The Hall–Kier alpha value is -3.46. The third kappa shape index (κ3) is 4.80. The second-order valence-corrected chi connectivity index (χ2v) is 10.8. The molecule has 1 fully saturated rings. The molecule has 1 unspecified atom stereocenters. The van der Waals surface area contributed by atoms with Gasteiger partial charge in [0.1, 0.15) is 5.76 Å². The molecule has 1 N–H and O–H groups in total. The molecule has 1 aliphatic rings. The molecule has 180 valence electrons. The zero-order valence-electron chi connectivity index (χ0n) is 19.1. The van der Waals surface area contributed by atoms with Crippen molar-refractivity contribution in [3.8, 4) is 0 Å². The highest BCUT2D eigenvalue weighted by molar-refractivity contribution is 8.00. The number of amides is 1. The van der Waals surface area contributed by atoms with Crippen LogP contribution in [0, 0.1) is 6.92 Å². The van der Waals surface area contributed by atoms with Crippen LogP contribution < -0.4 is 4.90 Å². The van der Waals surface area contributed by atoms with Gasteiger partial charge in [-0.05, 0) is 42.3 Å². The van der Waals surface area contributed by atoms with Crippen molar-refractivity contribution in [1.82, 2.24) is 10.2 Å². The number of rotatable bonds is 6. The van der Waals surface area contributed by atoms with Crippen molar-refractivity contribution in [3.05, 3.63) is 112 Å². The Labute approximate surface area is 221 Å². The van der Waals surface area contributed by atoms with E-state index in [1.54, 1.807) is 24.3 Å². The molecular weight excluding hydrogens is 514 g/mol. The van der Waals surface area contributed by atoms with Gasteiger partial charge >= 0.3 is 5.91 Å². The van der Waals surface area contributed by atoms with Crippen molar-refractivity contribution in [2.45, 2.75) is 23.1 Å². The van der Waals surface area contributed by atoms with Gasteiger partial charge in [0, 0.05) is 16.3 Å². The van der Waals surface area contributed by atoms with Crippen molar-refractivity contribution >= 4 is 57.3 Å². The lowest BCUT2D eigenvalue weighted by atomic mass is 9.95. The molecule has 0 spiro atoms. The molecule has 1 aromatic heterocycles. The van der Waals surface area contributed by atoms with Crippen LogP contribution in [-0.4, -0.2) is 27.0 Å². The lowest BCUT2D eigenvalue weighted by Gasteiger charge is -2.22. The zero-order chi connectivity index (χ0) is 25.2. The lowest BCUT2D eigenvalue weighted by Crippen LogP contribution is -2.29. The first kappa shape index (κ1) is 24.2. The van der Waals surface area contributed by atoms with Crippen LogP contribution in [0.2, 0.25) is 5.02 Å². The zero-order valence-corrected chi connectivity index (χ0v) is 21.5. The number of hydrogen-bond donors (Lipinski definition) is 1. The van der Waals surface area contributed by atoms with Gasteiger partial charge in [-0.25, -0.2) is 0 Å². The second kappa shape index (κ2) is 10.3. The third-order valence-electron chi connectivity index (χ3n) is 5.76. The minimum atomic E-state index is -0.846. The predicted molar refractivity (Wildman–Crippen MR) is 143 cm³/mol. The van der Waals surface area contributed by atoms with E-state index in [-0.39, 0.29) is 11.3 Å². The highest BCUT2D eigenvalue weighted by Gasteiger charge is 2.48. The van der Waals surface area contributed by atoms with E-state index >= 15 is 0 Å². The van der Waals surface area contributed by atoms with Gasteiger partial charge in [0.05, 0.1) is 11.6 Å². The maximum Gasteiger partial charge on any atom is 0.301 e. The van der Waals surface area contributed by atoms with Gasteiger partial charge in [-0.15, -0.1) is 10.2 Å². The topological polar surface area (TPSA) is 83.4 Å². The molecule has 1 atom stereocenters. The van der Waals surface area contributed by atoms with Crippen LogP contribution in [0.5, 0.6) is 0 Å². The number of halogens is 1. The van der Waals surface area contributed by atoms with E-state index in [4.69, 9.17) is 11.6 Å². The number of Topliss-reactive ketones (excluding diaryl/α,β-unsaturated/α-hetero) is 1. The number of aliphatic hydroxyl groups excluding tert-OH is 1. The lowest BCUT2D eigenvalue weighted by molar-refractivity contribution is -0.132. The smallest absolute Gasteiger partial charge is 0.301 e. The standard InChI is InChI=1S/C27H20ClN3O3S2/c1-16-7-9-18(10-8-16)22-21(23(32)19-11-13-20(28)14-12-19)24(33)25(34)31(22)26-29-30-27(36-26)35-15-17-5-3-2-4-6-17/h2-14,22,32H,15H2,1H3/b23-21-. The Morgan fingerprint density at radius 2 is 1.69 bits per heavy atom. The molecular formula is C27H20ClN3O3S2. The summed E-state index contributed by atoms with van der Waals surface area (Å²) in [6, 6.07) is 23.1. The van der Waals surface area contributed by atoms with E-state index in [0.717, 1.165) is 11.1 Å². The van der Waals surface area contributed by atoms with Crippen LogP contribution >= 0.6 is 34.7 Å². The average Bonchev–Trinajstić information content (AvgIpc) is 3.46. The van der Waals surface area contributed by atoms with Crippen LogP contribution in [0.15, 0.2) is 88.8 Å². The summed E-state index contributed by atoms with van der Waals surface area (Å²) in [7, 11) is 0. The highest BCUT2D eigenvalue weighted by atomic mass is 35.5. The number of ketones is 1. The quantitative estimate of drug-likeness (QED) is 0.101. The molecule has 0 saturated carbocycles. The molecule has 5 rings (SSSR count). The fourth-order valence-electron chi connectivity index (χ4n) is 3.93. The summed E-state index contributed by atoms with van der Waals surface area (Å²) in [4.78, 5) is 27.9. The fraction of sp³-hybridized carbons (Fsp3) is 0.111. The molecule has 1 saturated heterocycles. The molecule has 3 aromatic carbocycles. The van der Waals surface area contributed by atoms with E-state index in [2.05, 4.69) is 10.2 Å². The van der Waals surface area contributed by atoms with E-state index in [1.807, 2.05) is 61.5 Å². The van der Waals surface area contributed by atoms with Gasteiger partial charge in [0.2, 0.25) is 5.13 Å². The number of aliphatic hydroxyl groups is 1. The number of carbonyl (C=O) groups is 2. The summed E-state index contributed by atoms with van der Waals surface area (Å²) in [5, 5.41) is 20.5. The normalized spacial score (nSPS) is 17.1. The van der Waals surface area contributed by atoms with Gasteiger partial charge in [-0.2, -0.15) is 0 Å². The first-order chi connectivity index (χ1) is 17.4. The van der Waals surface area contributed by atoms with Crippen LogP contribution in [0.4, 0.5) is 5.13 Å². The minimum absolute atomic E-state index is 0.000126. The minimum Gasteiger partial charge on any atom is -0.507 e. The molecule has 9 heteroatoms. The van der Waals surface area contributed by atoms with Crippen LogP contribution in [0.3, 0.4) is 0 Å². The van der Waals surface area contributed by atoms with Gasteiger partial charge in [-0.3, -0.25) is 14.5 Å². The van der Waals surface area contributed by atoms with Crippen LogP contribution in [0.1, 0.15) is 28.3 Å². The number of thioether (sulfide) groups is 1. The van der Waals surface area contributed by atoms with E-state index in [1.165, 1.54) is 28.0 Å². The van der Waals surface area contributed by atoms with Gasteiger partial charge < -0.3 is 5.11 Å². The Balaban J connectivity index is 1.55. The third-order valence-corrected chi connectivity index (χ3v) is 8.14. The molecule has 0 bridgehead atoms.